The molecule has 1 fully saturated rings. The predicted molar refractivity (Wildman–Crippen MR) is 54.3 cm³/mol. The van der Waals surface area contributed by atoms with E-state index in [0.717, 1.165) is 5.92 Å². The van der Waals surface area contributed by atoms with Gasteiger partial charge in [-0.3, -0.25) is 0 Å². The molecule has 1 aliphatic carbocycles. The Labute approximate surface area is 88.0 Å². The summed E-state index contributed by atoms with van der Waals surface area (Å²) in [5.41, 5.74) is 0. The van der Waals surface area contributed by atoms with E-state index in [2.05, 4.69) is 22.4 Å². The fourth-order valence-electron chi connectivity index (χ4n) is 1.62. The Balaban J connectivity index is 1.89. The van der Waals surface area contributed by atoms with E-state index >= 15 is 0 Å². The molecule has 1 N–H and O–H groups in total. The predicted octanol–water partition coefficient (Wildman–Crippen LogP) is 2.41. The van der Waals surface area contributed by atoms with E-state index in [0.29, 0.717) is 17.9 Å². The number of alkyl halides is 1. The van der Waals surface area contributed by atoms with Crippen molar-refractivity contribution < 1.29 is 4.42 Å². The molecule has 0 radical (unpaired) electrons. The van der Waals surface area contributed by atoms with Crippen LogP contribution in [0.25, 0.3) is 0 Å². The first-order valence-electron chi connectivity index (χ1n) is 4.94. The highest BCUT2D eigenvalue weighted by Crippen LogP contribution is 2.30. The summed E-state index contributed by atoms with van der Waals surface area (Å²) < 4.78 is 5.26. The molecule has 1 saturated carbocycles. The van der Waals surface area contributed by atoms with Crippen LogP contribution in [0.5, 0.6) is 0 Å². The second kappa shape index (κ2) is 4.17. The third-order valence-corrected chi connectivity index (χ3v) is 3.02. The maximum Gasteiger partial charge on any atom is 0.315 e. The van der Waals surface area contributed by atoms with Crippen molar-refractivity contribution in [3.05, 3.63) is 5.89 Å². The first-order valence-corrected chi connectivity index (χ1v) is 5.48. The van der Waals surface area contributed by atoms with Gasteiger partial charge in [-0.15, -0.1) is 16.7 Å². The van der Waals surface area contributed by atoms with Crippen molar-refractivity contribution in [2.24, 2.45) is 5.92 Å². The van der Waals surface area contributed by atoms with Crippen LogP contribution in [0.1, 0.15) is 32.1 Å². The lowest BCUT2D eigenvalue weighted by molar-refractivity contribution is 0.282. The van der Waals surface area contributed by atoms with Crippen LogP contribution in [0.15, 0.2) is 4.42 Å². The summed E-state index contributed by atoms with van der Waals surface area (Å²) in [4.78, 5) is 0. The van der Waals surface area contributed by atoms with E-state index in [-0.39, 0.29) is 5.88 Å². The van der Waals surface area contributed by atoms with Gasteiger partial charge in [0, 0.05) is 6.04 Å². The second-order valence-electron chi connectivity index (χ2n) is 3.76. The molecular weight excluding hydrogens is 202 g/mol. The van der Waals surface area contributed by atoms with E-state index in [1.165, 1.54) is 19.3 Å². The number of aromatic nitrogens is 2. The lowest BCUT2D eigenvalue weighted by atomic mass is 9.80. The van der Waals surface area contributed by atoms with Crippen LogP contribution in [0.4, 0.5) is 6.01 Å². The molecule has 0 amide bonds. The molecular formula is C9H14ClN3O. The molecule has 1 aliphatic rings. The normalized spacial score (nSPS) is 19.0. The minimum atomic E-state index is 0.270. The smallest absolute Gasteiger partial charge is 0.315 e. The third kappa shape index (κ3) is 2.00. The Kier molecular flexibility index (Phi) is 2.91. The summed E-state index contributed by atoms with van der Waals surface area (Å²) >= 11 is 5.55. The molecule has 0 saturated heterocycles. The highest BCUT2D eigenvalue weighted by Gasteiger charge is 2.24. The molecule has 1 atom stereocenters. The monoisotopic (exact) mass is 215 g/mol. The Bertz CT molecular complexity index is 298. The molecule has 0 aliphatic heterocycles. The molecule has 0 aromatic carbocycles. The summed E-state index contributed by atoms with van der Waals surface area (Å²) in [5, 5.41) is 10.8. The van der Waals surface area contributed by atoms with E-state index in [1.807, 2.05) is 0 Å². The maximum absolute atomic E-state index is 5.55. The number of hydrogen-bond donors (Lipinski definition) is 1. The molecule has 14 heavy (non-hydrogen) atoms. The molecule has 4 nitrogen and oxygen atoms in total. The van der Waals surface area contributed by atoms with Gasteiger partial charge in [0.15, 0.2) is 0 Å². The van der Waals surface area contributed by atoms with Crippen LogP contribution in [-0.4, -0.2) is 16.2 Å². The molecule has 1 aromatic rings. The molecule has 5 heteroatoms. The number of halogens is 1. The number of nitrogens with one attached hydrogen (secondary N) is 1. The highest BCUT2D eigenvalue weighted by atomic mass is 35.5. The van der Waals surface area contributed by atoms with Gasteiger partial charge in [0.2, 0.25) is 5.89 Å². The number of nitrogens with zero attached hydrogens (tertiary/aromatic N) is 2. The SMILES string of the molecule is CC(Nc1nnc(CCl)o1)C1CCC1. The van der Waals surface area contributed by atoms with Crippen LogP contribution in [-0.2, 0) is 5.88 Å². The maximum atomic E-state index is 5.55. The minimum absolute atomic E-state index is 0.270. The standard InChI is InChI=1S/C9H14ClN3O/c1-6(7-3-2-4-7)11-9-13-12-8(5-10)14-9/h6-7H,2-5H2,1H3,(H,11,13). The molecule has 1 unspecified atom stereocenters. The fourth-order valence-corrected chi connectivity index (χ4v) is 1.73. The summed E-state index contributed by atoms with van der Waals surface area (Å²) in [6.45, 7) is 2.15. The van der Waals surface area contributed by atoms with Gasteiger partial charge in [-0.25, -0.2) is 0 Å². The van der Waals surface area contributed by atoms with Gasteiger partial charge in [-0.1, -0.05) is 11.5 Å². The number of rotatable bonds is 4. The van der Waals surface area contributed by atoms with E-state index in [1.54, 1.807) is 0 Å². The van der Waals surface area contributed by atoms with Crippen molar-refractivity contribution in [1.82, 2.24) is 10.2 Å². The van der Waals surface area contributed by atoms with Crippen molar-refractivity contribution in [3.63, 3.8) is 0 Å². The van der Waals surface area contributed by atoms with Crippen molar-refractivity contribution >= 4 is 17.6 Å². The van der Waals surface area contributed by atoms with Crippen molar-refractivity contribution in [1.29, 1.82) is 0 Å². The van der Waals surface area contributed by atoms with Crippen molar-refractivity contribution in [3.8, 4) is 0 Å². The molecule has 1 heterocycles. The van der Waals surface area contributed by atoms with Gasteiger partial charge in [0.1, 0.15) is 5.88 Å². The quantitative estimate of drug-likeness (QED) is 0.784. The molecule has 0 bridgehead atoms. The summed E-state index contributed by atoms with van der Waals surface area (Å²) in [7, 11) is 0. The largest absolute Gasteiger partial charge is 0.407 e. The average Bonchev–Trinajstić information content (AvgIpc) is 2.48. The van der Waals surface area contributed by atoms with E-state index < -0.39 is 0 Å². The summed E-state index contributed by atoms with van der Waals surface area (Å²) in [6.07, 6.45) is 3.93. The first-order chi connectivity index (χ1) is 6.79. The van der Waals surface area contributed by atoms with Crippen molar-refractivity contribution in [2.75, 3.05) is 5.32 Å². The summed E-state index contributed by atoms with van der Waals surface area (Å²) in [6, 6.07) is 0.896. The van der Waals surface area contributed by atoms with Gasteiger partial charge in [-0.2, -0.15) is 0 Å². The molecule has 78 valence electrons. The third-order valence-electron chi connectivity index (χ3n) is 2.79. The Hall–Kier alpha value is -0.770. The molecule has 1 aromatic heterocycles. The average molecular weight is 216 g/mol. The molecule has 2 rings (SSSR count). The lowest BCUT2D eigenvalue weighted by Crippen LogP contribution is -2.30. The summed E-state index contributed by atoms with van der Waals surface area (Å²) in [5.74, 6) is 1.49. The van der Waals surface area contributed by atoms with Gasteiger partial charge in [0.05, 0.1) is 0 Å². The Morgan fingerprint density at radius 1 is 1.57 bits per heavy atom. The zero-order valence-corrected chi connectivity index (χ0v) is 8.92. The van der Waals surface area contributed by atoms with E-state index in [4.69, 9.17) is 16.0 Å². The number of anilines is 1. The van der Waals surface area contributed by atoms with Crippen LogP contribution in [0.2, 0.25) is 0 Å². The van der Waals surface area contributed by atoms with Gasteiger partial charge in [-0.05, 0) is 25.7 Å². The second-order valence-corrected chi connectivity index (χ2v) is 4.03. The van der Waals surface area contributed by atoms with Gasteiger partial charge >= 0.3 is 6.01 Å². The van der Waals surface area contributed by atoms with E-state index in [9.17, 15) is 0 Å². The van der Waals surface area contributed by atoms with Crippen LogP contribution >= 0.6 is 11.6 Å². The topological polar surface area (TPSA) is 51.0 Å². The Morgan fingerprint density at radius 3 is 2.86 bits per heavy atom. The number of hydrogen-bond acceptors (Lipinski definition) is 4. The Morgan fingerprint density at radius 2 is 2.36 bits per heavy atom. The zero-order valence-electron chi connectivity index (χ0n) is 8.16. The van der Waals surface area contributed by atoms with Crippen molar-refractivity contribution in [2.45, 2.75) is 38.1 Å². The zero-order chi connectivity index (χ0) is 9.97. The van der Waals surface area contributed by atoms with Crippen LogP contribution < -0.4 is 5.32 Å². The van der Waals surface area contributed by atoms with Gasteiger partial charge in [0.25, 0.3) is 0 Å². The molecule has 0 spiro atoms. The fraction of sp³-hybridized carbons (Fsp3) is 0.778. The minimum Gasteiger partial charge on any atom is -0.407 e. The van der Waals surface area contributed by atoms with Crippen LogP contribution in [0.3, 0.4) is 0 Å². The lowest BCUT2D eigenvalue weighted by Gasteiger charge is -2.31. The first kappa shape index (κ1) is 9.77. The van der Waals surface area contributed by atoms with Gasteiger partial charge < -0.3 is 9.73 Å². The van der Waals surface area contributed by atoms with Crippen LogP contribution in [0, 0.1) is 5.92 Å². The highest BCUT2D eigenvalue weighted by molar-refractivity contribution is 6.16.